The lowest BCUT2D eigenvalue weighted by Crippen LogP contribution is -2.41. The first-order chi connectivity index (χ1) is 14.9. The van der Waals surface area contributed by atoms with Gasteiger partial charge in [0.1, 0.15) is 17.0 Å². The average molecular weight is 462 g/mol. The van der Waals surface area contributed by atoms with Crippen molar-refractivity contribution in [3.63, 3.8) is 0 Å². The average Bonchev–Trinajstić information content (AvgIpc) is 3.21. The van der Waals surface area contributed by atoms with Crippen molar-refractivity contribution in [3.8, 4) is 5.75 Å². The Kier molecular flexibility index (Phi) is 7.64. The summed E-state index contributed by atoms with van der Waals surface area (Å²) >= 11 is 1.35. The lowest BCUT2D eigenvalue weighted by molar-refractivity contribution is -0.116. The van der Waals surface area contributed by atoms with Crippen molar-refractivity contribution in [2.45, 2.75) is 18.7 Å². The van der Waals surface area contributed by atoms with Crippen LogP contribution in [0.15, 0.2) is 53.4 Å². The number of nitrogens with zero attached hydrogens (tertiary/aromatic N) is 3. The zero-order chi connectivity index (χ0) is 22.4. The van der Waals surface area contributed by atoms with Crippen molar-refractivity contribution < 1.29 is 17.9 Å². The van der Waals surface area contributed by atoms with Crippen LogP contribution in [-0.4, -0.2) is 63.3 Å². The molecule has 1 heterocycles. The molecule has 3 rings (SSSR count). The molecule has 2 aromatic carbocycles. The molecule has 0 saturated carbocycles. The number of ether oxygens (including phenoxy) is 1. The first-order valence-corrected chi connectivity index (χ1v) is 12.6. The van der Waals surface area contributed by atoms with Gasteiger partial charge in [0, 0.05) is 13.1 Å². The van der Waals surface area contributed by atoms with Gasteiger partial charge in [-0.2, -0.15) is 0 Å². The predicted molar refractivity (Wildman–Crippen MR) is 125 cm³/mol. The Morgan fingerprint density at radius 2 is 1.74 bits per heavy atom. The van der Waals surface area contributed by atoms with Gasteiger partial charge in [0.05, 0.1) is 16.7 Å². The Morgan fingerprint density at radius 3 is 2.39 bits per heavy atom. The van der Waals surface area contributed by atoms with Gasteiger partial charge in [0.2, 0.25) is 5.91 Å². The number of thiazole rings is 1. The summed E-state index contributed by atoms with van der Waals surface area (Å²) in [6, 6.07) is 13.6. The largest absolute Gasteiger partial charge is 0.494 e. The summed E-state index contributed by atoms with van der Waals surface area (Å²) < 4.78 is 31.9. The topological polar surface area (TPSA) is 79.8 Å². The molecule has 0 N–H and O–H groups in total. The number of sulfone groups is 1. The minimum absolute atomic E-state index is 0.137. The Bertz CT molecular complexity index is 1130. The number of benzene rings is 2. The van der Waals surface area contributed by atoms with E-state index in [0.29, 0.717) is 29.5 Å². The number of para-hydroxylation sites is 1. The van der Waals surface area contributed by atoms with Crippen LogP contribution in [-0.2, 0) is 14.6 Å². The van der Waals surface area contributed by atoms with Gasteiger partial charge in [-0.05, 0) is 37.4 Å². The van der Waals surface area contributed by atoms with Crippen LogP contribution in [0.25, 0.3) is 10.2 Å². The molecule has 0 aliphatic rings. The molecule has 31 heavy (non-hydrogen) atoms. The molecular formula is C22H27N3O4S2. The molecule has 0 aliphatic carbocycles. The molecule has 0 fully saturated rings. The number of carbonyl (C=O) groups is 1. The Balaban J connectivity index is 1.93. The first-order valence-electron chi connectivity index (χ1n) is 10.1. The van der Waals surface area contributed by atoms with E-state index in [9.17, 15) is 13.2 Å². The summed E-state index contributed by atoms with van der Waals surface area (Å²) in [5.74, 6) is -0.482. The molecule has 0 spiro atoms. The maximum absolute atomic E-state index is 13.2. The van der Waals surface area contributed by atoms with Crippen molar-refractivity contribution in [1.82, 2.24) is 9.88 Å². The van der Waals surface area contributed by atoms with Gasteiger partial charge in [0.25, 0.3) is 0 Å². The molecule has 0 radical (unpaired) electrons. The summed E-state index contributed by atoms with van der Waals surface area (Å²) in [5.41, 5.74) is 0.663. The summed E-state index contributed by atoms with van der Waals surface area (Å²) in [7, 11) is -2.18. The fraction of sp³-hybridized carbons (Fsp3) is 0.364. The van der Waals surface area contributed by atoms with E-state index >= 15 is 0 Å². The number of methoxy groups -OCH3 is 1. The lowest BCUT2D eigenvalue weighted by Gasteiger charge is -2.24. The Labute approximate surface area is 187 Å². The zero-order valence-electron chi connectivity index (χ0n) is 17.9. The third-order valence-corrected chi connectivity index (χ3v) is 7.73. The molecule has 0 saturated heterocycles. The van der Waals surface area contributed by atoms with Crippen LogP contribution in [0.3, 0.4) is 0 Å². The normalized spacial score (nSPS) is 11.7. The van der Waals surface area contributed by atoms with Crippen LogP contribution in [0.2, 0.25) is 0 Å². The van der Waals surface area contributed by atoms with Crippen LogP contribution in [0.1, 0.15) is 13.8 Å². The van der Waals surface area contributed by atoms with Crippen molar-refractivity contribution in [2.75, 3.05) is 43.9 Å². The van der Waals surface area contributed by atoms with Crippen molar-refractivity contribution >= 4 is 42.4 Å². The van der Waals surface area contributed by atoms with E-state index in [-0.39, 0.29) is 4.90 Å². The van der Waals surface area contributed by atoms with Gasteiger partial charge in [-0.3, -0.25) is 9.69 Å². The second kappa shape index (κ2) is 10.2. The molecule has 1 aromatic heterocycles. The second-order valence-electron chi connectivity index (χ2n) is 6.95. The minimum atomic E-state index is -3.76. The minimum Gasteiger partial charge on any atom is -0.494 e. The number of likely N-dealkylation sites (N-methyl/N-ethyl adjacent to an activating group) is 1. The van der Waals surface area contributed by atoms with Gasteiger partial charge >= 0.3 is 0 Å². The highest BCUT2D eigenvalue weighted by atomic mass is 32.2. The van der Waals surface area contributed by atoms with E-state index in [0.717, 1.165) is 17.8 Å². The van der Waals surface area contributed by atoms with Gasteiger partial charge in [-0.25, -0.2) is 13.4 Å². The van der Waals surface area contributed by atoms with Crippen LogP contribution in [0, 0.1) is 0 Å². The van der Waals surface area contributed by atoms with E-state index in [1.807, 2.05) is 18.2 Å². The Morgan fingerprint density at radius 1 is 1.03 bits per heavy atom. The van der Waals surface area contributed by atoms with Crippen LogP contribution in [0.5, 0.6) is 5.75 Å². The number of aromatic nitrogens is 1. The summed E-state index contributed by atoms with van der Waals surface area (Å²) in [4.78, 5) is 21.6. The number of amides is 1. The SMILES string of the molecule is CCN(CC)CCN(C(=O)CS(=O)(=O)c1ccccc1)c1nc2c(OC)cccc2s1. The van der Waals surface area contributed by atoms with E-state index in [1.165, 1.54) is 28.4 Å². The highest BCUT2D eigenvalue weighted by Crippen LogP contribution is 2.34. The maximum Gasteiger partial charge on any atom is 0.244 e. The van der Waals surface area contributed by atoms with E-state index in [4.69, 9.17) is 4.74 Å². The molecular weight excluding hydrogens is 434 g/mol. The monoisotopic (exact) mass is 461 g/mol. The van der Waals surface area contributed by atoms with E-state index < -0.39 is 21.5 Å². The smallest absolute Gasteiger partial charge is 0.244 e. The summed E-state index contributed by atoms with van der Waals surface area (Å²) in [5, 5.41) is 0.472. The molecule has 7 nitrogen and oxygen atoms in total. The molecule has 3 aromatic rings. The molecule has 0 unspecified atom stereocenters. The van der Waals surface area contributed by atoms with Crippen molar-refractivity contribution in [2.24, 2.45) is 0 Å². The first kappa shape index (κ1) is 23.2. The van der Waals surface area contributed by atoms with Crippen LogP contribution < -0.4 is 9.64 Å². The molecule has 9 heteroatoms. The van der Waals surface area contributed by atoms with Gasteiger partial charge in [-0.15, -0.1) is 0 Å². The molecule has 0 aliphatic heterocycles. The highest BCUT2D eigenvalue weighted by molar-refractivity contribution is 7.92. The molecule has 0 bridgehead atoms. The quantitative estimate of drug-likeness (QED) is 0.460. The number of carbonyl (C=O) groups excluding carboxylic acids is 1. The maximum atomic E-state index is 13.2. The third kappa shape index (κ3) is 5.41. The number of anilines is 1. The number of fused-ring (bicyclic) bond motifs is 1. The fourth-order valence-corrected chi connectivity index (χ4v) is 5.50. The highest BCUT2D eigenvalue weighted by Gasteiger charge is 2.27. The second-order valence-corrected chi connectivity index (χ2v) is 9.95. The molecule has 0 atom stereocenters. The van der Waals surface area contributed by atoms with Gasteiger partial charge in [-0.1, -0.05) is 49.4 Å². The number of hydrogen-bond donors (Lipinski definition) is 0. The van der Waals surface area contributed by atoms with Crippen LogP contribution in [0.4, 0.5) is 5.13 Å². The molecule has 1 amide bonds. The van der Waals surface area contributed by atoms with Gasteiger partial charge < -0.3 is 9.64 Å². The Hall–Kier alpha value is -2.49. The number of hydrogen-bond acceptors (Lipinski definition) is 7. The lowest BCUT2D eigenvalue weighted by atomic mass is 10.3. The number of rotatable bonds is 10. The van der Waals surface area contributed by atoms with Crippen molar-refractivity contribution in [3.05, 3.63) is 48.5 Å². The van der Waals surface area contributed by atoms with Gasteiger partial charge in [0.15, 0.2) is 15.0 Å². The van der Waals surface area contributed by atoms with E-state index in [1.54, 1.807) is 25.3 Å². The predicted octanol–water partition coefficient (Wildman–Crippen LogP) is 3.45. The summed E-state index contributed by atoms with van der Waals surface area (Å²) in [6.45, 7) is 6.77. The third-order valence-electron chi connectivity index (χ3n) is 5.07. The van der Waals surface area contributed by atoms with Crippen LogP contribution >= 0.6 is 11.3 Å². The summed E-state index contributed by atoms with van der Waals surface area (Å²) in [6.07, 6.45) is 0. The van der Waals surface area contributed by atoms with Crippen molar-refractivity contribution in [1.29, 1.82) is 0 Å². The van der Waals surface area contributed by atoms with E-state index in [2.05, 4.69) is 23.7 Å². The molecule has 166 valence electrons. The zero-order valence-corrected chi connectivity index (χ0v) is 19.6. The fourth-order valence-electron chi connectivity index (χ4n) is 3.25. The standard InChI is InChI=1S/C22H27N3O4S2/c1-4-24(5-2)14-15-25(20(26)16-31(27,28)17-10-7-6-8-11-17)22-23-21-18(29-3)12-9-13-19(21)30-22/h6-13H,4-5,14-16H2,1-3H3.